The van der Waals surface area contributed by atoms with Crippen LogP contribution in [0.3, 0.4) is 0 Å². The number of esters is 1. The number of thioether (sulfide) groups is 1. The highest BCUT2D eigenvalue weighted by atomic mass is 32.2. The van der Waals surface area contributed by atoms with E-state index >= 15 is 0 Å². The molecule has 3 aliphatic heterocycles. The molecule has 0 saturated carbocycles. The topological polar surface area (TPSA) is 62.2 Å². The molecule has 0 aromatic heterocycles. The summed E-state index contributed by atoms with van der Waals surface area (Å²) in [5.41, 5.74) is 1.88. The van der Waals surface area contributed by atoms with Gasteiger partial charge in [0.2, 0.25) is 5.91 Å². The molecule has 1 aromatic carbocycles. The number of fused-ring (bicyclic) bond motifs is 1. The average molecular weight is 458 g/mol. The minimum absolute atomic E-state index is 0.0428. The van der Waals surface area contributed by atoms with Crippen LogP contribution in [-0.4, -0.2) is 46.5 Å². The van der Waals surface area contributed by atoms with Crippen LogP contribution in [0.1, 0.15) is 51.6 Å². The Morgan fingerprint density at radius 2 is 1.97 bits per heavy atom. The summed E-state index contributed by atoms with van der Waals surface area (Å²) in [5.74, 6) is -0.261. The van der Waals surface area contributed by atoms with Gasteiger partial charge in [0.25, 0.3) is 0 Å². The van der Waals surface area contributed by atoms with Crippen LogP contribution in [-0.2, 0) is 14.3 Å². The zero-order valence-corrected chi connectivity index (χ0v) is 19.5. The summed E-state index contributed by atoms with van der Waals surface area (Å²) in [6, 6.07) is 5.68. The molecule has 6 nitrogen and oxygen atoms in total. The lowest BCUT2D eigenvalue weighted by Gasteiger charge is -2.37. The van der Waals surface area contributed by atoms with E-state index in [2.05, 4.69) is 11.9 Å². The Balaban J connectivity index is 1.68. The molecule has 3 aliphatic rings. The number of allylic oxidation sites excluding steroid dienone is 1. The van der Waals surface area contributed by atoms with Crippen molar-refractivity contribution in [3.05, 3.63) is 58.0 Å². The molecule has 32 heavy (non-hydrogen) atoms. The third-order valence-electron chi connectivity index (χ3n) is 6.16. The summed E-state index contributed by atoms with van der Waals surface area (Å²) < 4.78 is 20.3. The van der Waals surface area contributed by atoms with Crippen molar-refractivity contribution in [3.8, 4) is 0 Å². The van der Waals surface area contributed by atoms with Crippen molar-refractivity contribution in [1.29, 1.82) is 0 Å². The van der Waals surface area contributed by atoms with Crippen molar-refractivity contribution in [2.45, 2.75) is 46.1 Å². The second kappa shape index (κ2) is 9.48. The number of ether oxygens (including phenoxy) is 1. The van der Waals surface area contributed by atoms with E-state index in [-0.39, 0.29) is 18.9 Å². The molecular formula is C24H28FN3O3S. The quantitative estimate of drug-likeness (QED) is 0.604. The molecule has 1 fully saturated rings. The van der Waals surface area contributed by atoms with Crippen molar-refractivity contribution >= 4 is 28.8 Å². The number of carbonyl (C=O) groups excluding carboxylic acids is 2. The van der Waals surface area contributed by atoms with Crippen LogP contribution in [0, 0.1) is 11.7 Å². The molecule has 0 spiro atoms. The number of hydrogen-bond acceptors (Lipinski definition) is 6. The maximum absolute atomic E-state index is 15.0. The summed E-state index contributed by atoms with van der Waals surface area (Å²) in [5, 5.41) is 2.53. The Morgan fingerprint density at radius 1 is 1.25 bits per heavy atom. The van der Waals surface area contributed by atoms with Crippen molar-refractivity contribution < 1.29 is 18.7 Å². The van der Waals surface area contributed by atoms with E-state index in [1.165, 1.54) is 17.8 Å². The number of aliphatic imine (C=N–C) groups is 1. The van der Waals surface area contributed by atoms with Gasteiger partial charge in [0, 0.05) is 24.4 Å². The predicted octanol–water partition coefficient (Wildman–Crippen LogP) is 4.61. The number of piperidine rings is 1. The Morgan fingerprint density at radius 3 is 2.66 bits per heavy atom. The lowest BCUT2D eigenvalue weighted by molar-refractivity contribution is -0.139. The maximum atomic E-state index is 15.0. The Bertz CT molecular complexity index is 1010. The van der Waals surface area contributed by atoms with E-state index in [0.717, 1.165) is 31.6 Å². The van der Waals surface area contributed by atoms with Gasteiger partial charge in [0.15, 0.2) is 5.17 Å². The summed E-state index contributed by atoms with van der Waals surface area (Å²) >= 11 is 1.39. The Hall–Kier alpha value is -2.61. The molecule has 3 heterocycles. The SMILES string of the molecule is CCOC(=O)C1=C(C)N=C2SC=C(CC(=O)N3CCC(C)CC3)N2[C@@H]1c1ccccc1F. The standard InChI is InChI=1S/C24H28FN3O3S/c1-4-31-23(30)21-16(3)26-24-28(22(21)18-7-5-6-8-19(18)25)17(14-32-24)13-20(29)27-11-9-15(2)10-12-27/h5-8,14-15,22H,4,9-13H2,1-3H3/t22-/m1/s1. The second-order valence-corrected chi connectivity index (χ2v) is 9.21. The van der Waals surface area contributed by atoms with Crippen LogP contribution in [0.2, 0.25) is 0 Å². The maximum Gasteiger partial charge on any atom is 0.338 e. The van der Waals surface area contributed by atoms with Crippen molar-refractivity contribution in [3.63, 3.8) is 0 Å². The molecule has 1 amide bonds. The number of rotatable bonds is 5. The molecule has 0 bridgehead atoms. The first kappa shape index (κ1) is 22.6. The third kappa shape index (κ3) is 4.33. The van der Waals surface area contributed by atoms with E-state index < -0.39 is 17.8 Å². The Labute approximate surface area is 192 Å². The smallest absolute Gasteiger partial charge is 0.338 e. The summed E-state index contributed by atoms with van der Waals surface area (Å²) in [7, 11) is 0. The summed E-state index contributed by atoms with van der Waals surface area (Å²) in [6.45, 7) is 7.40. The second-order valence-electron chi connectivity index (χ2n) is 8.38. The largest absolute Gasteiger partial charge is 0.463 e. The van der Waals surface area contributed by atoms with Crippen molar-refractivity contribution in [2.24, 2.45) is 10.9 Å². The van der Waals surface area contributed by atoms with Gasteiger partial charge in [-0.05, 0) is 44.1 Å². The zero-order chi connectivity index (χ0) is 22.8. The number of amidine groups is 1. The number of halogens is 1. The molecule has 0 unspecified atom stereocenters. The average Bonchev–Trinajstić information content (AvgIpc) is 3.15. The molecular weight excluding hydrogens is 429 g/mol. The fourth-order valence-electron chi connectivity index (χ4n) is 4.36. The van der Waals surface area contributed by atoms with Gasteiger partial charge in [-0.3, -0.25) is 4.79 Å². The predicted molar refractivity (Wildman–Crippen MR) is 123 cm³/mol. The molecule has 1 aromatic rings. The monoisotopic (exact) mass is 457 g/mol. The summed E-state index contributed by atoms with van der Waals surface area (Å²) in [6.07, 6.45) is 2.19. The molecule has 1 atom stereocenters. The van der Waals surface area contributed by atoms with Gasteiger partial charge < -0.3 is 14.5 Å². The number of carbonyl (C=O) groups is 2. The summed E-state index contributed by atoms with van der Waals surface area (Å²) in [4.78, 5) is 34.3. The van der Waals surface area contributed by atoms with Crippen LogP contribution in [0.25, 0.3) is 0 Å². The highest BCUT2D eigenvalue weighted by Gasteiger charge is 2.42. The number of nitrogens with zero attached hydrogens (tertiary/aromatic N) is 3. The number of benzene rings is 1. The van der Waals surface area contributed by atoms with Gasteiger partial charge in [-0.25, -0.2) is 14.2 Å². The lowest BCUT2D eigenvalue weighted by Crippen LogP contribution is -2.41. The van der Waals surface area contributed by atoms with Crippen LogP contribution in [0.15, 0.2) is 51.6 Å². The van der Waals surface area contributed by atoms with Crippen LogP contribution < -0.4 is 0 Å². The zero-order valence-electron chi connectivity index (χ0n) is 18.6. The molecule has 0 radical (unpaired) electrons. The molecule has 4 rings (SSSR count). The molecule has 1 saturated heterocycles. The van der Waals surface area contributed by atoms with E-state index in [4.69, 9.17) is 4.74 Å². The van der Waals surface area contributed by atoms with Gasteiger partial charge in [0.1, 0.15) is 5.82 Å². The van der Waals surface area contributed by atoms with Crippen LogP contribution in [0.4, 0.5) is 4.39 Å². The van der Waals surface area contributed by atoms with Crippen molar-refractivity contribution in [2.75, 3.05) is 19.7 Å². The minimum atomic E-state index is -0.738. The fraction of sp³-hybridized carbons (Fsp3) is 0.458. The van der Waals surface area contributed by atoms with E-state index in [1.54, 1.807) is 32.0 Å². The first-order valence-electron chi connectivity index (χ1n) is 11.0. The molecule has 0 N–H and O–H groups in total. The molecule has 170 valence electrons. The van der Waals surface area contributed by atoms with Crippen LogP contribution in [0.5, 0.6) is 0 Å². The van der Waals surface area contributed by atoms with E-state index in [1.807, 2.05) is 15.2 Å². The van der Waals surface area contributed by atoms with Crippen LogP contribution >= 0.6 is 11.8 Å². The first-order chi connectivity index (χ1) is 15.4. The molecule has 0 aliphatic carbocycles. The van der Waals surface area contributed by atoms with Gasteiger partial charge in [-0.1, -0.05) is 36.9 Å². The fourth-order valence-corrected chi connectivity index (χ4v) is 5.32. The highest BCUT2D eigenvalue weighted by Crippen LogP contribution is 2.45. The van der Waals surface area contributed by atoms with Gasteiger partial charge >= 0.3 is 5.97 Å². The van der Waals surface area contributed by atoms with Gasteiger partial charge in [0.05, 0.1) is 30.3 Å². The number of likely N-dealkylation sites (tertiary alicyclic amines) is 1. The molecule has 8 heteroatoms. The first-order valence-corrected chi connectivity index (χ1v) is 11.9. The third-order valence-corrected chi connectivity index (χ3v) is 7.05. The normalized spacial score (nSPS) is 21.3. The van der Waals surface area contributed by atoms with Gasteiger partial charge in [-0.15, -0.1) is 0 Å². The highest BCUT2D eigenvalue weighted by molar-refractivity contribution is 8.16. The van der Waals surface area contributed by atoms with Gasteiger partial charge in [-0.2, -0.15) is 0 Å². The number of hydrogen-bond donors (Lipinski definition) is 0. The van der Waals surface area contributed by atoms with E-state index in [0.29, 0.717) is 27.9 Å². The number of amides is 1. The Kier molecular flexibility index (Phi) is 6.69. The van der Waals surface area contributed by atoms with Crippen molar-refractivity contribution in [1.82, 2.24) is 9.80 Å². The van der Waals surface area contributed by atoms with E-state index in [9.17, 15) is 14.0 Å². The lowest BCUT2D eigenvalue weighted by atomic mass is 9.93. The minimum Gasteiger partial charge on any atom is -0.463 e.